The van der Waals surface area contributed by atoms with E-state index in [1.165, 1.54) is 0 Å². The van der Waals surface area contributed by atoms with Crippen molar-refractivity contribution in [2.45, 2.75) is 6.92 Å². The van der Waals surface area contributed by atoms with Crippen molar-refractivity contribution in [1.82, 2.24) is 24.7 Å². The third-order valence-electron chi connectivity index (χ3n) is 4.95. The molecule has 148 valence electrons. The van der Waals surface area contributed by atoms with Crippen molar-refractivity contribution in [3.8, 4) is 34.0 Å². The van der Waals surface area contributed by atoms with Crippen LogP contribution in [0.5, 0.6) is 11.5 Å². The number of hydrogen-bond acceptors (Lipinski definition) is 4. The van der Waals surface area contributed by atoms with Crippen LogP contribution in [0.15, 0.2) is 71.9 Å². The Morgan fingerprint density at radius 2 is 1.90 bits per heavy atom. The Hall–Kier alpha value is -4.13. The molecule has 0 aliphatic heterocycles. The van der Waals surface area contributed by atoms with Crippen molar-refractivity contribution < 1.29 is 4.74 Å². The van der Waals surface area contributed by atoms with Gasteiger partial charge >= 0.3 is 0 Å². The normalized spacial score (nSPS) is 11.1. The van der Waals surface area contributed by atoms with Crippen LogP contribution < -0.4 is 10.3 Å². The number of nitrogens with one attached hydrogen (secondary N) is 2. The van der Waals surface area contributed by atoms with Gasteiger partial charge in [0, 0.05) is 36.1 Å². The van der Waals surface area contributed by atoms with Crippen LogP contribution in [0.3, 0.4) is 0 Å². The van der Waals surface area contributed by atoms with Gasteiger partial charge in [-0.3, -0.25) is 9.48 Å². The van der Waals surface area contributed by atoms with Gasteiger partial charge in [0.1, 0.15) is 17.1 Å². The molecule has 5 rings (SSSR count). The van der Waals surface area contributed by atoms with Gasteiger partial charge in [-0.2, -0.15) is 5.10 Å². The fourth-order valence-electron chi connectivity index (χ4n) is 3.42. The van der Waals surface area contributed by atoms with Gasteiger partial charge in [0.25, 0.3) is 5.56 Å². The lowest BCUT2D eigenvalue weighted by Crippen LogP contribution is -2.08. The fourth-order valence-corrected chi connectivity index (χ4v) is 3.42. The predicted octanol–water partition coefficient (Wildman–Crippen LogP) is 4.42. The molecule has 0 aliphatic rings. The van der Waals surface area contributed by atoms with Gasteiger partial charge in [0.15, 0.2) is 5.75 Å². The zero-order valence-corrected chi connectivity index (χ0v) is 16.5. The summed E-state index contributed by atoms with van der Waals surface area (Å²) in [5, 5.41) is 4.23. The molecule has 3 heterocycles. The monoisotopic (exact) mass is 397 g/mol. The van der Waals surface area contributed by atoms with Gasteiger partial charge in [0.2, 0.25) is 0 Å². The number of ether oxygens (including phenoxy) is 1. The second-order valence-electron chi connectivity index (χ2n) is 7.14. The summed E-state index contributed by atoms with van der Waals surface area (Å²) in [6, 6.07) is 15.4. The molecule has 7 nitrogen and oxygen atoms in total. The third kappa shape index (κ3) is 3.16. The first-order valence-corrected chi connectivity index (χ1v) is 9.53. The lowest BCUT2D eigenvalue weighted by Gasteiger charge is -2.12. The molecule has 0 radical (unpaired) electrons. The van der Waals surface area contributed by atoms with Gasteiger partial charge in [-0.15, -0.1) is 0 Å². The molecule has 0 fully saturated rings. The Kier molecular flexibility index (Phi) is 4.21. The van der Waals surface area contributed by atoms with Gasteiger partial charge in [-0.1, -0.05) is 18.2 Å². The van der Waals surface area contributed by atoms with Gasteiger partial charge in [0.05, 0.1) is 17.3 Å². The Labute approximate surface area is 172 Å². The molecule has 0 saturated carbocycles. The lowest BCUT2D eigenvalue weighted by molar-refractivity contribution is 0.489. The summed E-state index contributed by atoms with van der Waals surface area (Å²) in [6.45, 7) is 1.79. The number of pyridine rings is 1. The highest BCUT2D eigenvalue weighted by Crippen LogP contribution is 2.39. The minimum Gasteiger partial charge on any atom is -0.454 e. The average molecular weight is 397 g/mol. The maximum absolute atomic E-state index is 11.8. The predicted molar refractivity (Wildman–Crippen MR) is 116 cm³/mol. The quantitative estimate of drug-likeness (QED) is 0.470. The van der Waals surface area contributed by atoms with Crippen molar-refractivity contribution in [2.24, 2.45) is 7.05 Å². The van der Waals surface area contributed by atoms with Crippen LogP contribution in [0.2, 0.25) is 0 Å². The first-order chi connectivity index (χ1) is 14.6. The third-order valence-corrected chi connectivity index (χ3v) is 4.95. The van der Waals surface area contributed by atoms with E-state index in [-0.39, 0.29) is 5.56 Å². The smallest absolute Gasteiger partial charge is 0.250 e. The zero-order chi connectivity index (χ0) is 20.7. The van der Waals surface area contributed by atoms with Crippen molar-refractivity contribution in [3.63, 3.8) is 0 Å². The molecular weight excluding hydrogens is 378 g/mol. The first kappa shape index (κ1) is 17.9. The Balaban J connectivity index is 1.73. The lowest BCUT2D eigenvalue weighted by atomic mass is 10.0. The SMILES string of the molecule is Cc1cc(-c2ccc3[nH]c(-c4cnn(C)c4)nc3c2Oc2ccccc2)c[nH]c1=O. The number of aromatic amines is 2. The van der Waals surface area contributed by atoms with Crippen LogP contribution >= 0.6 is 0 Å². The Morgan fingerprint density at radius 3 is 2.63 bits per heavy atom. The van der Waals surface area contributed by atoms with E-state index in [0.29, 0.717) is 28.4 Å². The number of hydrogen-bond donors (Lipinski definition) is 2. The summed E-state index contributed by atoms with van der Waals surface area (Å²) < 4.78 is 8.04. The van der Waals surface area contributed by atoms with Crippen LogP contribution in [0, 0.1) is 6.92 Å². The second kappa shape index (κ2) is 7.04. The molecule has 0 amide bonds. The number of rotatable bonds is 4. The number of nitrogens with zero attached hydrogens (tertiary/aromatic N) is 3. The minimum atomic E-state index is -0.107. The van der Waals surface area contributed by atoms with E-state index in [2.05, 4.69) is 15.1 Å². The van der Waals surface area contributed by atoms with E-state index in [0.717, 1.165) is 22.2 Å². The molecule has 3 aromatic heterocycles. The van der Waals surface area contributed by atoms with E-state index < -0.39 is 0 Å². The highest BCUT2D eigenvalue weighted by molar-refractivity contribution is 5.92. The highest BCUT2D eigenvalue weighted by Gasteiger charge is 2.17. The fraction of sp³-hybridized carbons (Fsp3) is 0.0870. The van der Waals surface area contributed by atoms with Crippen LogP contribution in [0.1, 0.15) is 5.56 Å². The van der Waals surface area contributed by atoms with E-state index in [1.54, 1.807) is 24.0 Å². The summed E-state index contributed by atoms with van der Waals surface area (Å²) in [5.41, 5.74) is 4.67. The summed E-state index contributed by atoms with van der Waals surface area (Å²) >= 11 is 0. The topological polar surface area (TPSA) is 88.6 Å². The van der Waals surface area contributed by atoms with Crippen molar-refractivity contribution in [2.75, 3.05) is 0 Å². The molecule has 2 aromatic carbocycles. The van der Waals surface area contributed by atoms with Gasteiger partial charge < -0.3 is 14.7 Å². The molecule has 30 heavy (non-hydrogen) atoms. The largest absolute Gasteiger partial charge is 0.454 e. The number of aryl methyl sites for hydroxylation is 2. The summed E-state index contributed by atoms with van der Waals surface area (Å²) in [7, 11) is 1.87. The number of H-pyrrole nitrogens is 2. The number of fused-ring (bicyclic) bond motifs is 1. The van der Waals surface area contributed by atoms with E-state index >= 15 is 0 Å². The molecule has 0 aliphatic carbocycles. The molecule has 2 N–H and O–H groups in total. The maximum atomic E-state index is 11.8. The minimum absolute atomic E-state index is 0.107. The molecular formula is C23H19N5O2. The van der Waals surface area contributed by atoms with Crippen molar-refractivity contribution >= 4 is 11.0 Å². The molecule has 0 spiro atoms. The second-order valence-corrected chi connectivity index (χ2v) is 7.14. The molecule has 5 aromatic rings. The summed E-state index contributed by atoms with van der Waals surface area (Å²) in [4.78, 5) is 22.8. The number of aromatic nitrogens is 5. The van der Waals surface area contributed by atoms with E-state index in [4.69, 9.17) is 9.72 Å². The molecule has 0 bridgehead atoms. The number of benzene rings is 2. The van der Waals surface area contributed by atoms with Crippen molar-refractivity contribution in [1.29, 1.82) is 0 Å². The van der Waals surface area contributed by atoms with Gasteiger partial charge in [-0.05, 0) is 37.3 Å². The van der Waals surface area contributed by atoms with Crippen molar-refractivity contribution in [3.05, 3.63) is 83.0 Å². The standard InChI is InChI=1S/C23H19N5O2/c1-14-10-15(11-24-23(14)29)18-8-9-19-20(21(18)30-17-6-4-3-5-7-17)27-22(26-19)16-12-25-28(2)13-16/h3-13H,1-2H3,(H,24,29)(H,26,27). The molecule has 0 atom stereocenters. The van der Waals surface area contributed by atoms with Crippen LogP contribution in [-0.2, 0) is 7.05 Å². The van der Waals surface area contributed by atoms with E-state index in [1.807, 2.05) is 61.8 Å². The van der Waals surface area contributed by atoms with E-state index in [9.17, 15) is 4.79 Å². The maximum Gasteiger partial charge on any atom is 0.250 e. The van der Waals surface area contributed by atoms with Gasteiger partial charge in [-0.25, -0.2) is 4.98 Å². The molecule has 0 unspecified atom stereocenters. The van der Waals surface area contributed by atoms with Crippen LogP contribution in [0.25, 0.3) is 33.5 Å². The first-order valence-electron chi connectivity index (χ1n) is 9.53. The summed E-state index contributed by atoms with van der Waals surface area (Å²) in [5.74, 6) is 2.04. The molecule has 0 saturated heterocycles. The van der Waals surface area contributed by atoms with Crippen LogP contribution in [0.4, 0.5) is 0 Å². The van der Waals surface area contributed by atoms with Crippen LogP contribution in [-0.4, -0.2) is 24.7 Å². The zero-order valence-electron chi connectivity index (χ0n) is 16.5. The summed E-state index contributed by atoms with van der Waals surface area (Å²) in [6.07, 6.45) is 5.37. The Bertz CT molecular complexity index is 1410. The average Bonchev–Trinajstić information content (AvgIpc) is 3.37. The number of para-hydroxylation sites is 1. The Morgan fingerprint density at radius 1 is 1.07 bits per heavy atom. The highest BCUT2D eigenvalue weighted by atomic mass is 16.5. The number of imidazole rings is 1. The molecule has 7 heteroatoms.